The first-order valence-corrected chi connectivity index (χ1v) is 7.34. The molecule has 0 radical (unpaired) electrons. The highest BCUT2D eigenvalue weighted by atomic mass is 14.9. The summed E-state index contributed by atoms with van der Waals surface area (Å²) in [6, 6.07) is 8.86. The Morgan fingerprint density at radius 2 is 2.17 bits per heavy atom. The highest BCUT2D eigenvalue weighted by molar-refractivity contribution is 5.32. The largest absolute Gasteiger partial charge is 0.316 e. The number of hydrogen-bond donors (Lipinski definition) is 2. The van der Waals surface area contributed by atoms with Gasteiger partial charge in [0.15, 0.2) is 0 Å². The molecular weight excluding hydrogens is 220 g/mol. The average Bonchev–Trinajstić information content (AvgIpc) is 3.23. The first-order chi connectivity index (χ1) is 8.84. The van der Waals surface area contributed by atoms with Gasteiger partial charge in [0.05, 0.1) is 0 Å². The van der Waals surface area contributed by atoms with Crippen LogP contribution in [-0.4, -0.2) is 19.6 Å². The van der Waals surface area contributed by atoms with Crippen molar-refractivity contribution in [2.24, 2.45) is 11.8 Å². The second-order valence-electron chi connectivity index (χ2n) is 6.00. The van der Waals surface area contributed by atoms with E-state index in [2.05, 4.69) is 41.8 Å². The van der Waals surface area contributed by atoms with Crippen LogP contribution in [0.15, 0.2) is 24.3 Å². The minimum Gasteiger partial charge on any atom is -0.316 e. The molecule has 3 rings (SSSR count). The van der Waals surface area contributed by atoms with Crippen molar-refractivity contribution < 1.29 is 0 Å². The third kappa shape index (κ3) is 2.76. The molecule has 0 bridgehead atoms. The van der Waals surface area contributed by atoms with Gasteiger partial charge in [-0.25, -0.2) is 0 Å². The highest BCUT2D eigenvalue weighted by Gasteiger charge is 2.27. The Morgan fingerprint density at radius 1 is 1.33 bits per heavy atom. The Kier molecular flexibility index (Phi) is 3.67. The van der Waals surface area contributed by atoms with E-state index < -0.39 is 0 Å². The van der Waals surface area contributed by atoms with Crippen molar-refractivity contribution in [3.8, 4) is 0 Å². The van der Waals surface area contributed by atoms with Crippen molar-refractivity contribution in [2.45, 2.75) is 32.2 Å². The van der Waals surface area contributed by atoms with Crippen molar-refractivity contribution in [1.29, 1.82) is 0 Å². The molecule has 2 aliphatic rings. The van der Waals surface area contributed by atoms with Crippen molar-refractivity contribution >= 4 is 0 Å². The summed E-state index contributed by atoms with van der Waals surface area (Å²) in [5.74, 6) is 2.51. The van der Waals surface area contributed by atoms with Crippen LogP contribution in [0.2, 0.25) is 0 Å². The van der Waals surface area contributed by atoms with Gasteiger partial charge in [0.25, 0.3) is 0 Å². The summed E-state index contributed by atoms with van der Waals surface area (Å²) in [4.78, 5) is 0. The maximum atomic E-state index is 3.68. The first-order valence-electron chi connectivity index (χ1n) is 7.34. The van der Waals surface area contributed by atoms with Crippen LogP contribution >= 0.6 is 0 Å². The van der Waals surface area contributed by atoms with E-state index >= 15 is 0 Å². The molecule has 2 nitrogen and oxygen atoms in total. The standard InChI is InChI=1S/C16H24N2/c1-12(13-6-7-13)8-17-10-15-11-18-9-14-4-2-3-5-16(14)15/h2-5,12-13,15,17-18H,6-11H2,1H3. The van der Waals surface area contributed by atoms with Crippen LogP contribution < -0.4 is 10.6 Å². The third-order valence-corrected chi connectivity index (χ3v) is 4.48. The van der Waals surface area contributed by atoms with E-state index in [1.165, 1.54) is 24.9 Å². The van der Waals surface area contributed by atoms with Crippen molar-refractivity contribution in [3.05, 3.63) is 35.4 Å². The second-order valence-corrected chi connectivity index (χ2v) is 6.00. The molecule has 1 aliphatic carbocycles. The van der Waals surface area contributed by atoms with Crippen LogP contribution in [-0.2, 0) is 6.54 Å². The summed E-state index contributed by atoms with van der Waals surface area (Å²) < 4.78 is 0. The number of nitrogens with one attached hydrogen (secondary N) is 2. The maximum absolute atomic E-state index is 3.68. The molecule has 18 heavy (non-hydrogen) atoms. The fraction of sp³-hybridized carbons (Fsp3) is 0.625. The van der Waals surface area contributed by atoms with E-state index in [1.54, 1.807) is 5.56 Å². The number of hydrogen-bond acceptors (Lipinski definition) is 2. The lowest BCUT2D eigenvalue weighted by Crippen LogP contribution is -2.35. The van der Waals surface area contributed by atoms with Gasteiger partial charge in [0.1, 0.15) is 0 Å². The SMILES string of the molecule is CC(CNCC1CNCc2ccccc21)C1CC1. The van der Waals surface area contributed by atoms with Crippen LogP contribution in [0.5, 0.6) is 0 Å². The van der Waals surface area contributed by atoms with Gasteiger partial charge in [-0.1, -0.05) is 31.2 Å². The van der Waals surface area contributed by atoms with Crippen LogP contribution in [0.3, 0.4) is 0 Å². The zero-order valence-corrected chi connectivity index (χ0v) is 11.3. The van der Waals surface area contributed by atoms with E-state index in [9.17, 15) is 0 Å². The van der Waals surface area contributed by atoms with Crippen molar-refractivity contribution in [3.63, 3.8) is 0 Å². The van der Waals surface area contributed by atoms with Crippen LogP contribution in [0.1, 0.15) is 36.8 Å². The molecular formula is C16H24N2. The smallest absolute Gasteiger partial charge is 0.0208 e. The van der Waals surface area contributed by atoms with Gasteiger partial charge in [-0.15, -0.1) is 0 Å². The van der Waals surface area contributed by atoms with Gasteiger partial charge in [0.2, 0.25) is 0 Å². The monoisotopic (exact) mass is 244 g/mol. The Bertz CT molecular complexity index is 398. The molecule has 1 saturated carbocycles. The molecule has 2 atom stereocenters. The van der Waals surface area contributed by atoms with Crippen LogP contribution in [0.4, 0.5) is 0 Å². The number of fused-ring (bicyclic) bond motifs is 1. The molecule has 2 N–H and O–H groups in total. The maximum Gasteiger partial charge on any atom is 0.0208 e. The summed E-state index contributed by atoms with van der Waals surface area (Å²) in [5, 5.41) is 7.20. The minimum atomic E-state index is 0.640. The van der Waals surface area contributed by atoms with Crippen molar-refractivity contribution in [2.75, 3.05) is 19.6 Å². The fourth-order valence-corrected chi connectivity index (χ4v) is 3.08. The predicted molar refractivity (Wildman–Crippen MR) is 75.6 cm³/mol. The van der Waals surface area contributed by atoms with Crippen LogP contribution in [0, 0.1) is 11.8 Å². The van der Waals surface area contributed by atoms with Crippen molar-refractivity contribution in [1.82, 2.24) is 10.6 Å². The van der Waals surface area contributed by atoms with Gasteiger partial charge in [-0.3, -0.25) is 0 Å². The fourth-order valence-electron chi connectivity index (χ4n) is 3.08. The summed E-state index contributed by atoms with van der Waals surface area (Å²) in [7, 11) is 0. The van der Waals surface area contributed by atoms with E-state index in [0.29, 0.717) is 5.92 Å². The summed E-state index contributed by atoms with van der Waals surface area (Å²) >= 11 is 0. The normalized spacial score (nSPS) is 24.6. The zero-order chi connectivity index (χ0) is 12.4. The molecule has 0 saturated heterocycles. The summed E-state index contributed by atoms with van der Waals surface area (Å²) in [5.41, 5.74) is 3.02. The lowest BCUT2D eigenvalue weighted by Gasteiger charge is -2.27. The average molecular weight is 244 g/mol. The van der Waals surface area contributed by atoms with E-state index in [0.717, 1.165) is 31.5 Å². The topological polar surface area (TPSA) is 24.1 Å². The molecule has 2 unspecified atom stereocenters. The Morgan fingerprint density at radius 3 is 3.00 bits per heavy atom. The summed E-state index contributed by atoms with van der Waals surface area (Å²) in [6.45, 7) is 6.83. The molecule has 1 aromatic carbocycles. The Labute approximate surface area is 110 Å². The Hall–Kier alpha value is -0.860. The lowest BCUT2D eigenvalue weighted by atomic mass is 9.90. The molecule has 0 spiro atoms. The Balaban J connectivity index is 1.53. The first kappa shape index (κ1) is 12.2. The molecule has 0 amide bonds. The van der Waals surface area contributed by atoms with E-state index in [1.807, 2.05) is 0 Å². The zero-order valence-electron chi connectivity index (χ0n) is 11.3. The minimum absolute atomic E-state index is 0.640. The van der Waals surface area contributed by atoms with Gasteiger partial charge < -0.3 is 10.6 Å². The van der Waals surface area contributed by atoms with Gasteiger partial charge in [-0.05, 0) is 42.3 Å². The van der Waals surface area contributed by atoms with Gasteiger partial charge in [0, 0.05) is 25.6 Å². The molecule has 98 valence electrons. The third-order valence-electron chi connectivity index (χ3n) is 4.48. The van der Waals surface area contributed by atoms with E-state index in [-0.39, 0.29) is 0 Å². The molecule has 1 heterocycles. The quantitative estimate of drug-likeness (QED) is 0.831. The molecule has 0 aromatic heterocycles. The van der Waals surface area contributed by atoms with Gasteiger partial charge >= 0.3 is 0 Å². The molecule has 1 aromatic rings. The molecule has 2 heteroatoms. The number of benzene rings is 1. The van der Waals surface area contributed by atoms with Crippen LogP contribution in [0.25, 0.3) is 0 Å². The highest BCUT2D eigenvalue weighted by Crippen LogP contribution is 2.36. The molecule has 1 fully saturated rings. The molecule has 1 aliphatic heterocycles. The lowest BCUT2D eigenvalue weighted by molar-refractivity contribution is 0.434. The number of rotatable bonds is 5. The predicted octanol–water partition coefficient (Wildman–Crippen LogP) is 2.51. The second kappa shape index (κ2) is 5.41. The van der Waals surface area contributed by atoms with E-state index in [4.69, 9.17) is 0 Å². The van der Waals surface area contributed by atoms with Gasteiger partial charge in [-0.2, -0.15) is 0 Å². The summed E-state index contributed by atoms with van der Waals surface area (Å²) in [6.07, 6.45) is 2.91.